The minimum atomic E-state index is -0.727. The van der Waals surface area contributed by atoms with E-state index in [1.54, 1.807) is 31.2 Å². The van der Waals surface area contributed by atoms with Crippen molar-refractivity contribution in [3.05, 3.63) is 59.5 Å². The Morgan fingerprint density at radius 2 is 1.87 bits per heavy atom. The van der Waals surface area contributed by atoms with E-state index in [4.69, 9.17) is 9.47 Å². The van der Waals surface area contributed by atoms with E-state index in [2.05, 4.69) is 32.1 Å². The van der Waals surface area contributed by atoms with Gasteiger partial charge in [-0.15, -0.1) is 0 Å². The zero-order chi connectivity index (χ0) is 26.4. The molecule has 1 aromatic heterocycles. The van der Waals surface area contributed by atoms with Gasteiger partial charge in [-0.25, -0.2) is 4.98 Å². The molecule has 3 aliphatic heterocycles. The van der Waals surface area contributed by atoms with Crippen LogP contribution < -0.4 is 19.7 Å². The second-order valence-electron chi connectivity index (χ2n) is 10.6. The number of likely N-dealkylation sites (tertiary alicyclic amines) is 1. The number of nitrogens with one attached hydrogen (secondary N) is 1. The maximum Gasteiger partial charge on any atom is 0.260 e. The molecule has 0 bridgehead atoms. The molecule has 2 fully saturated rings. The fourth-order valence-corrected chi connectivity index (χ4v) is 5.60. The lowest BCUT2D eigenvalue weighted by atomic mass is 9.72. The molecular weight excluding hydrogens is 487 g/mol. The van der Waals surface area contributed by atoms with Crippen molar-refractivity contribution < 1.29 is 18.7 Å². The zero-order valence-corrected chi connectivity index (χ0v) is 21.8. The molecule has 4 heterocycles. The fourth-order valence-electron chi connectivity index (χ4n) is 5.60. The Kier molecular flexibility index (Phi) is 6.06. The lowest BCUT2D eigenvalue weighted by Crippen LogP contribution is -2.60. The van der Waals surface area contributed by atoms with E-state index in [1.807, 2.05) is 24.3 Å². The van der Waals surface area contributed by atoms with E-state index in [1.165, 1.54) is 12.8 Å². The number of anilines is 3. The molecule has 10 heteroatoms. The van der Waals surface area contributed by atoms with Crippen LogP contribution in [0.2, 0.25) is 0 Å². The van der Waals surface area contributed by atoms with Crippen LogP contribution in [0.15, 0.2) is 42.6 Å². The van der Waals surface area contributed by atoms with Crippen LogP contribution in [0.25, 0.3) is 0 Å². The molecule has 2 aromatic carbocycles. The van der Waals surface area contributed by atoms with E-state index >= 15 is 0 Å². The number of methoxy groups -OCH3 is 1. The van der Waals surface area contributed by atoms with Crippen LogP contribution >= 0.6 is 0 Å². The van der Waals surface area contributed by atoms with Crippen molar-refractivity contribution in [3.8, 4) is 17.4 Å². The lowest BCUT2D eigenvalue weighted by molar-refractivity contribution is 0.0814. The molecule has 198 valence electrons. The molecule has 38 heavy (non-hydrogen) atoms. The highest BCUT2D eigenvalue weighted by Crippen LogP contribution is 2.44. The molecule has 0 aliphatic carbocycles. The number of hydrogen-bond donors (Lipinski definition) is 1. The van der Waals surface area contributed by atoms with E-state index < -0.39 is 5.82 Å². The first-order valence-electron chi connectivity index (χ1n) is 12.8. The molecule has 1 spiro atoms. The third-order valence-corrected chi connectivity index (χ3v) is 7.90. The van der Waals surface area contributed by atoms with Crippen molar-refractivity contribution in [3.63, 3.8) is 0 Å². The number of piperidine rings is 1. The number of aromatic nitrogens is 2. The summed E-state index contributed by atoms with van der Waals surface area (Å²) in [6.07, 6.45) is 3.52. The Morgan fingerprint density at radius 1 is 1.08 bits per heavy atom. The normalized spacial score (nSPS) is 18.4. The number of carbonyl (C=O) groups is 1. The minimum absolute atomic E-state index is 0.151. The number of benzene rings is 2. The predicted molar refractivity (Wildman–Crippen MR) is 142 cm³/mol. The van der Waals surface area contributed by atoms with Gasteiger partial charge < -0.3 is 29.5 Å². The van der Waals surface area contributed by atoms with Gasteiger partial charge in [-0.3, -0.25) is 4.79 Å². The van der Waals surface area contributed by atoms with Gasteiger partial charge in [-0.1, -0.05) is 12.1 Å². The van der Waals surface area contributed by atoms with Gasteiger partial charge in [-0.05, 0) is 56.7 Å². The highest BCUT2D eigenvalue weighted by atomic mass is 19.1. The zero-order valence-electron chi connectivity index (χ0n) is 21.8. The molecular formula is C28H31FN6O3. The second-order valence-corrected chi connectivity index (χ2v) is 10.6. The Labute approximate surface area is 221 Å². The quantitative estimate of drug-likeness (QED) is 0.518. The van der Waals surface area contributed by atoms with E-state index in [0.717, 1.165) is 43.6 Å². The summed E-state index contributed by atoms with van der Waals surface area (Å²) in [6.45, 7) is 4.91. The van der Waals surface area contributed by atoms with Gasteiger partial charge in [0.05, 0.1) is 24.6 Å². The average molecular weight is 519 g/mol. The summed E-state index contributed by atoms with van der Waals surface area (Å²) in [5.74, 6) is -0.112. The summed E-state index contributed by atoms with van der Waals surface area (Å²) in [5, 5.41) is 3.12. The molecule has 3 aromatic rings. The van der Waals surface area contributed by atoms with Gasteiger partial charge in [0.25, 0.3) is 11.8 Å². The number of halogens is 1. The van der Waals surface area contributed by atoms with E-state index in [0.29, 0.717) is 29.0 Å². The molecule has 0 radical (unpaired) electrons. The van der Waals surface area contributed by atoms with Crippen molar-refractivity contribution in [2.45, 2.75) is 19.4 Å². The van der Waals surface area contributed by atoms with Gasteiger partial charge in [0.15, 0.2) is 0 Å². The van der Waals surface area contributed by atoms with Crippen LogP contribution in [0, 0.1) is 11.2 Å². The number of rotatable bonds is 6. The number of amides is 1. The number of carbonyl (C=O) groups excluding carboxylic acids is 1. The van der Waals surface area contributed by atoms with Crippen LogP contribution in [0.1, 0.15) is 28.8 Å². The summed E-state index contributed by atoms with van der Waals surface area (Å²) in [5.41, 5.74) is 3.44. The Morgan fingerprint density at radius 3 is 2.63 bits per heavy atom. The van der Waals surface area contributed by atoms with Gasteiger partial charge in [0.1, 0.15) is 11.5 Å². The Balaban J connectivity index is 1.18. The van der Waals surface area contributed by atoms with Crippen molar-refractivity contribution >= 4 is 23.2 Å². The molecule has 0 atom stereocenters. The van der Waals surface area contributed by atoms with Crippen LogP contribution in [0.3, 0.4) is 0 Å². The lowest BCUT2D eigenvalue weighted by Gasteiger charge is -2.54. The molecule has 1 amide bonds. The first-order chi connectivity index (χ1) is 18.3. The first kappa shape index (κ1) is 24.4. The SMILES string of the molecule is COc1cc(N2CC3(CCN(C)CC3)C2)ccc1Nc1ncc(F)c(Oc2cccc3c2C(=O)N(C)C3)n1. The summed E-state index contributed by atoms with van der Waals surface area (Å²) in [6, 6.07) is 11.2. The molecule has 0 saturated carbocycles. The molecule has 1 N–H and O–H groups in total. The third kappa shape index (κ3) is 4.38. The van der Waals surface area contributed by atoms with Crippen LogP contribution in [-0.4, -0.2) is 73.1 Å². The Hall–Kier alpha value is -3.92. The summed E-state index contributed by atoms with van der Waals surface area (Å²) in [4.78, 5) is 27.2. The fraction of sp³-hybridized carbons (Fsp3) is 0.393. The van der Waals surface area contributed by atoms with Crippen LogP contribution in [0.4, 0.5) is 21.7 Å². The first-order valence-corrected chi connectivity index (χ1v) is 12.8. The molecule has 0 unspecified atom stereocenters. The average Bonchev–Trinajstić information content (AvgIpc) is 3.19. The number of fused-ring (bicyclic) bond motifs is 1. The smallest absolute Gasteiger partial charge is 0.260 e. The number of hydrogen-bond acceptors (Lipinski definition) is 8. The van der Waals surface area contributed by atoms with Gasteiger partial charge in [0, 0.05) is 43.9 Å². The molecule has 2 saturated heterocycles. The van der Waals surface area contributed by atoms with Crippen molar-refractivity contribution in [1.29, 1.82) is 0 Å². The van der Waals surface area contributed by atoms with Crippen molar-refractivity contribution in [2.75, 3.05) is 57.6 Å². The third-order valence-electron chi connectivity index (χ3n) is 7.90. The summed E-state index contributed by atoms with van der Waals surface area (Å²) in [7, 11) is 5.52. The number of ether oxygens (including phenoxy) is 2. The van der Waals surface area contributed by atoms with Crippen molar-refractivity contribution in [1.82, 2.24) is 19.8 Å². The summed E-state index contributed by atoms with van der Waals surface area (Å²) >= 11 is 0. The van der Waals surface area contributed by atoms with Gasteiger partial charge in [0.2, 0.25) is 11.8 Å². The monoisotopic (exact) mass is 518 g/mol. The van der Waals surface area contributed by atoms with E-state index in [-0.39, 0.29) is 23.5 Å². The summed E-state index contributed by atoms with van der Waals surface area (Å²) < 4.78 is 26.1. The molecule has 3 aliphatic rings. The maximum atomic E-state index is 14.6. The number of nitrogens with zero attached hydrogens (tertiary/aromatic N) is 5. The standard InChI is InChI=1S/C28H31FN6O3/c1-33-11-9-28(10-12-33)16-35(17-28)19-7-8-21(23(13-19)37-3)31-27-30-14-20(29)25(32-27)38-22-6-4-5-18-15-34(2)26(36)24(18)22/h4-8,13-14H,9-12,15-17H2,1-3H3,(H,30,31,32). The predicted octanol–water partition coefficient (Wildman–Crippen LogP) is 4.28. The van der Waals surface area contributed by atoms with Crippen molar-refractivity contribution in [2.24, 2.45) is 5.41 Å². The Bertz CT molecular complexity index is 1380. The van der Waals surface area contributed by atoms with Crippen LogP contribution in [-0.2, 0) is 6.54 Å². The van der Waals surface area contributed by atoms with Gasteiger partial charge in [-0.2, -0.15) is 9.37 Å². The molecule has 9 nitrogen and oxygen atoms in total. The highest BCUT2D eigenvalue weighted by Gasteiger charge is 2.44. The highest BCUT2D eigenvalue weighted by molar-refractivity contribution is 6.00. The molecule has 6 rings (SSSR count). The van der Waals surface area contributed by atoms with Gasteiger partial charge >= 0.3 is 0 Å². The second kappa shape index (κ2) is 9.43. The largest absolute Gasteiger partial charge is 0.494 e. The van der Waals surface area contributed by atoms with E-state index in [9.17, 15) is 9.18 Å². The van der Waals surface area contributed by atoms with Crippen LogP contribution in [0.5, 0.6) is 17.4 Å². The maximum absolute atomic E-state index is 14.6. The topological polar surface area (TPSA) is 83.1 Å². The minimum Gasteiger partial charge on any atom is -0.494 e.